The van der Waals surface area contributed by atoms with Crippen molar-refractivity contribution in [2.75, 3.05) is 6.61 Å². The van der Waals surface area contributed by atoms with E-state index in [1.807, 2.05) is 13.0 Å². The summed E-state index contributed by atoms with van der Waals surface area (Å²) >= 11 is 0. The van der Waals surface area contributed by atoms with E-state index >= 15 is 0 Å². The van der Waals surface area contributed by atoms with Crippen molar-refractivity contribution >= 4 is 11.5 Å². The van der Waals surface area contributed by atoms with Gasteiger partial charge in [0, 0.05) is 16.7 Å². The Morgan fingerprint density at radius 3 is 1.98 bits per heavy atom. The number of aryl methyl sites for hydroxylation is 1. The molecule has 3 nitrogen and oxygen atoms in total. The van der Waals surface area contributed by atoms with Gasteiger partial charge < -0.3 is 9.47 Å². The van der Waals surface area contributed by atoms with Crippen LogP contribution in [0.3, 0.4) is 0 Å². The van der Waals surface area contributed by atoms with Crippen molar-refractivity contribution in [3.8, 4) is 22.6 Å². The lowest BCUT2D eigenvalue weighted by atomic mass is 9.71. The molecule has 0 saturated heterocycles. The van der Waals surface area contributed by atoms with E-state index in [0.29, 0.717) is 44.1 Å². The first kappa shape index (κ1) is 32.6. The Balaban J connectivity index is 1.16. The molecule has 0 aromatic heterocycles. The molecule has 1 unspecified atom stereocenters. The molecule has 2 aliphatic carbocycles. The molecular formula is C36H36F6O3. The van der Waals surface area contributed by atoms with Gasteiger partial charge in [0.25, 0.3) is 0 Å². The summed E-state index contributed by atoms with van der Waals surface area (Å²) in [5.41, 5.74) is 0.153. The second kappa shape index (κ2) is 14.1. The van der Waals surface area contributed by atoms with Crippen LogP contribution >= 0.6 is 0 Å². The molecule has 9 heteroatoms. The Kier molecular flexibility index (Phi) is 10.2. The maximum absolute atomic E-state index is 14.9. The van der Waals surface area contributed by atoms with Crippen molar-refractivity contribution in [3.05, 3.63) is 88.5 Å². The Morgan fingerprint density at radius 2 is 1.31 bits per heavy atom. The van der Waals surface area contributed by atoms with Crippen LogP contribution < -0.4 is 9.47 Å². The number of hydrogen-bond acceptors (Lipinski definition) is 3. The summed E-state index contributed by atoms with van der Waals surface area (Å²) in [6.07, 6.45) is 8.29. The molecule has 0 amide bonds. The van der Waals surface area contributed by atoms with Crippen molar-refractivity contribution in [1.29, 1.82) is 0 Å². The maximum atomic E-state index is 14.9. The van der Waals surface area contributed by atoms with E-state index in [1.165, 1.54) is 25.1 Å². The van der Waals surface area contributed by atoms with Crippen molar-refractivity contribution in [2.45, 2.75) is 71.6 Å². The molecule has 3 aromatic carbocycles. The van der Waals surface area contributed by atoms with Gasteiger partial charge in [-0.05, 0) is 106 Å². The lowest BCUT2D eigenvalue weighted by Gasteiger charge is -2.35. The lowest BCUT2D eigenvalue weighted by molar-refractivity contribution is -0.140. The SMILES string of the molecule is CCCCOc1ccc(C2=CCC(C3CCC(C(=O)Oc4ccc(-c5ccc(C)c(F)c5F)c(F)c4F)CC3)CC2)c(F)c1F. The van der Waals surface area contributed by atoms with E-state index < -0.39 is 63.7 Å². The molecular weight excluding hydrogens is 594 g/mol. The Bertz CT molecular complexity index is 1590. The quantitative estimate of drug-likeness (QED) is 0.102. The minimum atomic E-state index is -1.45. The fourth-order valence-corrected chi connectivity index (χ4v) is 6.44. The first-order chi connectivity index (χ1) is 21.6. The topological polar surface area (TPSA) is 35.5 Å². The molecule has 240 valence electrons. The highest BCUT2D eigenvalue weighted by atomic mass is 19.2. The molecule has 0 bridgehead atoms. The molecule has 0 heterocycles. The third kappa shape index (κ3) is 6.92. The van der Waals surface area contributed by atoms with Gasteiger partial charge in [-0.3, -0.25) is 4.79 Å². The largest absolute Gasteiger partial charge is 0.490 e. The lowest BCUT2D eigenvalue weighted by Crippen LogP contribution is -2.29. The molecule has 45 heavy (non-hydrogen) atoms. The summed E-state index contributed by atoms with van der Waals surface area (Å²) in [6.45, 7) is 3.68. The molecule has 0 radical (unpaired) electrons. The van der Waals surface area contributed by atoms with Gasteiger partial charge in [0.15, 0.2) is 34.8 Å². The number of carbonyl (C=O) groups excluding carboxylic acids is 1. The van der Waals surface area contributed by atoms with Gasteiger partial charge in [0.1, 0.15) is 0 Å². The fourth-order valence-electron chi connectivity index (χ4n) is 6.44. The van der Waals surface area contributed by atoms with Crippen LogP contribution in [-0.4, -0.2) is 12.6 Å². The predicted octanol–water partition coefficient (Wildman–Crippen LogP) is 10.3. The third-order valence-corrected chi connectivity index (χ3v) is 9.19. The van der Waals surface area contributed by atoms with E-state index in [9.17, 15) is 31.1 Å². The van der Waals surface area contributed by atoms with Gasteiger partial charge in [-0.1, -0.05) is 31.6 Å². The van der Waals surface area contributed by atoms with E-state index in [2.05, 4.69) is 0 Å². The molecule has 1 fully saturated rings. The fraction of sp³-hybridized carbons (Fsp3) is 0.417. The van der Waals surface area contributed by atoms with Crippen molar-refractivity contribution in [3.63, 3.8) is 0 Å². The second-order valence-electron chi connectivity index (χ2n) is 12.0. The van der Waals surface area contributed by atoms with Crippen molar-refractivity contribution in [1.82, 2.24) is 0 Å². The number of allylic oxidation sites excluding steroid dienone is 2. The highest BCUT2D eigenvalue weighted by molar-refractivity contribution is 5.76. The van der Waals surface area contributed by atoms with Crippen LogP contribution in [0.25, 0.3) is 16.7 Å². The monoisotopic (exact) mass is 630 g/mol. The zero-order valence-corrected chi connectivity index (χ0v) is 25.3. The molecule has 0 aliphatic heterocycles. The molecule has 2 aliphatic rings. The molecule has 0 spiro atoms. The minimum Gasteiger partial charge on any atom is -0.490 e. The predicted molar refractivity (Wildman–Crippen MR) is 160 cm³/mol. The normalized spacial score (nSPS) is 20.1. The molecule has 1 saturated carbocycles. The maximum Gasteiger partial charge on any atom is 0.314 e. The molecule has 0 N–H and O–H groups in total. The first-order valence-corrected chi connectivity index (χ1v) is 15.6. The summed E-state index contributed by atoms with van der Waals surface area (Å²) in [7, 11) is 0. The van der Waals surface area contributed by atoms with Crippen LogP contribution in [0.5, 0.6) is 11.5 Å². The Hall–Kier alpha value is -3.75. The van der Waals surface area contributed by atoms with Gasteiger partial charge >= 0.3 is 5.97 Å². The highest BCUT2D eigenvalue weighted by Crippen LogP contribution is 2.43. The van der Waals surface area contributed by atoms with Crippen molar-refractivity contribution in [2.24, 2.45) is 17.8 Å². The van der Waals surface area contributed by atoms with Gasteiger partial charge in [0.2, 0.25) is 11.6 Å². The van der Waals surface area contributed by atoms with Gasteiger partial charge in [-0.25, -0.2) is 17.6 Å². The number of ether oxygens (including phenoxy) is 2. The van der Waals surface area contributed by atoms with Crippen LogP contribution in [0, 0.1) is 59.6 Å². The standard InChI is InChI=1S/C36H36F6O3/c1-3-4-19-44-28-17-15-25(31(38)34(28)41)23-10-6-21(7-11-23)22-8-12-24(13-9-22)36(43)45-29-18-16-27(33(40)35(29)42)26-14-5-20(2)30(37)32(26)39/h5,10,14-18,21-22,24H,3-4,6-9,11-13,19H2,1-2H3. The summed E-state index contributed by atoms with van der Waals surface area (Å²) in [5, 5.41) is 0. The van der Waals surface area contributed by atoms with E-state index in [-0.39, 0.29) is 16.9 Å². The molecule has 5 rings (SSSR count). The zero-order valence-electron chi connectivity index (χ0n) is 25.3. The number of carbonyl (C=O) groups is 1. The van der Waals surface area contributed by atoms with Gasteiger partial charge in [0.05, 0.1) is 12.5 Å². The minimum absolute atomic E-state index is 0.0312. The smallest absolute Gasteiger partial charge is 0.314 e. The number of unbranched alkanes of at least 4 members (excludes halogenated alkanes) is 1. The van der Waals surface area contributed by atoms with Crippen LogP contribution in [0.4, 0.5) is 26.3 Å². The van der Waals surface area contributed by atoms with E-state index in [1.54, 1.807) is 6.07 Å². The average Bonchev–Trinajstić information content (AvgIpc) is 3.05. The van der Waals surface area contributed by atoms with Crippen LogP contribution in [0.15, 0.2) is 42.5 Å². The summed E-state index contributed by atoms with van der Waals surface area (Å²) in [4.78, 5) is 12.9. The van der Waals surface area contributed by atoms with Crippen molar-refractivity contribution < 1.29 is 40.6 Å². The number of esters is 1. The summed E-state index contributed by atoms with van der Waals surface area (Å²) in [5.74, 6) is -8.35. The zero-order chi connectivity index (χ0) is 32.2. The highest BCUT2D eigenvalue weighted by Gasteiger charge is 2.33. The number of hydrogen-bond donors (Lipinski definition) is 0. The third-order valence-electron chi connectivity index (χ3n) is 9.19. The second-order valence-corrected chi connectivity index (χ2v) is 12.0. The van der Waals surface area contributed by atoms with Gasteiger partial charge in [-0.15, -0.1) is 0 Å². The Morgan fingerprint density at radius 1 is 0.711 bits per heavy atom. The molecule has 3 aromatic rings. The molecule has 1 atom stereocenters. The Labute approximate surface area is 259 Å². The first-order valence-electron chi connectivity index (χ1n) is 15.6. The number of halogens is 6. The van der Waals surface area contributed by atoms with E-state index in [0.717, 1.165) is 49.8 Å². The van der Waals surface area contributed by atoms with Crippen LogP contribution in [0.2, 0.25) is 0 Å². The van der Waals surface area contributed by atoms with E-state index in [4.69, 9.17) is 9.47 Å². The van der Waals surface area contributed by atoms with Gasteiger partial charge in [-0.2, -0.15) is 8.78 Å². The number of rotatable bonds is 9. The number of benzene rings is 3. The van der Waals surface area contributed by atoms with Crippen LogP contribution in [0.1, 0.15) is 75.8 Å². The van der Waals surface area contributed by atoms with Crippen LogP contribution in [-0.2, 0) is 4.79 Å². The average molecular weight is 631 g/mol. The summed E-state index contributed by atoms with van der Waals surface area (Å²) in [6, 6.07) is 7.59. The summed E-state index contributed by atoms with van der Waals surface area (Å²) < 4.78 is 98.1.